The van der Waals surface area contributed by atoms with Crippen molar-refractivity contribution < 1.29 is 24.5 Å². The minimum atomic E-state index is -0.665. The van der Waals surface area contributed by atoms with Gasteiger partial charge in [-0.25, -0.2) is 0 Å². The molecule has 1 unspecified atom stereocenters. The number of ether oxygens (including phenoxy) is 1. The fourth-order valence-corrected chi connectivity index (χ4v) is 2.74. The van der Waals surface area contributed by atoms with Gasteiger partial charge in [0.05, 0.1) is 32.3 Å². The van der Waals surface area contributed by atoms with E-state index in [2.05, 4.69) is 5.32 Å². The second-order valence-electron chi connectivity index (χ2n) is 5.93. The average molecular weight is 336 g/mol. The first-order valence-corrected chi connectivity index (χ1v) is 8.00. The zero-order chi connectivity index (χ0) is 17.5. The van der Waals surface area contributed by atoms with Gasteiger partial charge in [-0.3, -0.25) is 9.59 Å². The highest BCUT2D eigenvalue weighted by molar-refractivity contribution is 5.84. The number of nitrogens with zero attached hydrogens (tertiary/aromatic N) is 1. The van der Waals surface area contributed by atoms with E-state index in [-0.39, 0.29) is 30.9 Å². The lowest BCUT2D eigenvalue weighted by Crippen LogP contribution is -2.49. The van der Waals surface area contributed by atoms with E-state index in [0.717, 1.165) is 11.3 Å². The van der Waals surface area contributed by atoms with Crippen molar-refractivity contribution in [3.8, 4) is 5.75 Å². The molecule has 0 saturated carbocycles. The molecule has 0 bridgehead atoms. The molecule has 0 aromatic heterocycles. The molecule has 24 heavy (non-hydrogen) atoms. The molecule has 2 rings (SSSR count). The predicted octanol–water partition coefficient (Wildman–Crippen LogP) is -0.0968. The standard InChI is InChI=1S/C17H24N2O5/c1-24-15-4-2-3-12(7-15)8-19-9-13(5-6-16(19)22)17(23)18-14(10-20)11-21/h2-4,7,13-14,20-21H,5-6,8-11H2,1H3,(H,18,23). The SMILES string of the molecule is COc1cccc(CN2CC(C(=O)NC(CO)CO)CCC2=O)c1. The number of amides is 2. The topological polar surface area (TPSA) is 99.1 Å². The number of carbonyl (C=O) groups is 2. The third kappa shape index (κ3) is 4.69. The molecule has 1 aromatic rings. The van der Waals surface area contributed by atoms with Crippen LogP contribution in [-0.4, -0.2) is 59.8 Å². The van der Waals surface area contributed by atoms with Crippen molar-refractivity contribution in [1.29, 1.82) is 0 Å². The quantitative estimate of drug-likeness (QED) is 0.646. The van der Waals surface area contributed by atoms with Gasteiger partial charge in [-0.2, -0.15) is 0 Å². The van der Waals surface area contributed by atoms with E-state index >= 15 is 0 Å². The summed E-state index contributed by atoms with van der Waals surface area (Å²) in [5, 5.41) is 20.7. The smallest absolute Gasteiger partial charge is 0.225 e. The van der Waals surface area contributed by atoms with Crippen molar-refractivity contribution >= 4 is 11.8 Å². The summed E-state index contributed by atoms with van der Waals surface area (Å²) in [5.41, 5.74) is 0.937. The van der Waals surface area contributed by atoms with Crippen molar-refractivity contribution in [2.45, 2.75) is 25.4 Å². The number of hydrogen-bond acceptors (Lipinski definition) is 5. The van der Waals surface area contributed by atoms with E-state index in [4.69, 9.17) is 14.9 Å². The minimum Gasteiger partial charge on any atom is -0.497 e. The number of aliphatic hydroxyl groups excluding tert-OH is 2. The third-order valence-corrected chi connectivity index (χ3v) is 4.17. The Labute approximate surface area is 141 Å². The predicted molar refractivity (Wildman–Crippen MR) is 87.2 cm³/mol. The zero-order valence-electron chi connectivity index (χ0n) is 13.8. The van der Waals surface area contributed by atoms with E-state index in [1.54, 1.807) is 12.0 Å². The number of benzene rings is 1. The molecule has 2 amide bonds. The van der Waals surface area contributed by atoms with Gasteiger partial charge < -0.3 is 25.2 Å². The van der Waals surface area contributed by atoms with Crippen LogP contribution in [0, 0.1) is 5.92 Å². The molecule has 1 heterocycles. The van der Waals surface area contributed by atoms with Crippen LogP contribution in [0.15, 0.2) is 24.3 Å². The fourth-order valence-electron chi connectivity index (χ4n) is 2.74. The lowest BCUT2D eigenvalue weighted by atomic mass is 9.95. The highest BCUT2D eigenvalue weighted by Gasteiger charge is 2.31. The molecule has 1 saturated heterocycles. The van der Waals surface area contributed by atoms with Crippen LogP contribution in [0.5, 0.6) is 5.75 Å². The Bertz CT molecular complexity index is 574. The van der Waals surface area contributed by atoms with E-state index in [1.165, 1.54) is 0 Å². The summed E-state index contributed by atoms with van der Waals surface area (Å²) >= 11 is 0. The van der Waals surface area contributed by atoms with Crippen LogP contribution in [0.1, 0.15) is 18.4 Å². The number of methoxy groups -OCH3 is 1. The largest absolute Gasteiger partial charge is 0.497 e. The lowest BCUT2D eigenvalue weighted by molar-refractivity contribution is -0.139. The van der Waals surface area contributed by atoms with E-state index in [9.17, 15) is 9.59 Å². The Morgan fingerprint density at radius 2 is 2.17 bits per heavy atom. The highest BCUT2D eigenvalue weighted by atomic mass is 16.5. The molecule has 1 fully saturated rings. The van der Waals surface area contributed by atoms with E-state index in [0.29, 0.717) is 25.9 Å². The molecule has 0 spiro atoms. The third-order valence-electron chi connectivity index (χ3n) is 4.17. The number of likely N-dealkylation sites (tertiary alicyclic amines) is 1. The summed E-state index contributed by atoms with van der Waals surface area (Å²) in [6.07, 6.45) is 0.786. The molecule has 7 heteroatoms. The maximum absolute atomic E-state index is 12.2. The van der Waals surface area contributed by atoms with Crippen LogP contribution in [0.25, 0.3) is 0 Å². The number of hydrogen-bond donors (Lipinski definition) is 3. The van der Waals surface area contributed by atoms with Gasteiger partial charge in [-0.1, -0.05) is 12.1 Å². The van der Waals surface area contributed by atoms with Crippen molar-refractivity contribution in [3.63, 3.8) is 0 Å². The van der Waals surface area contributed by atoms with Crippen molar-refractivity contribution in [2.75, 3.05) is 26.9 Å². The van der Waals surface area contributed by atoms with Crippen LogP contribution in [0.3, 0.4) is 0 Å². The van der Waals surface area contributed by atoms with Crippen molar-refractivity contribution in [2.24, 2.45) is 5.92 Å². The minimum absolute atomic E-state index is 0.0164. The maximum atomic E-state index is 12.2. The van der Waals surface area contributed by atoms with Crippen molar-refractivity contribution in [1.82, 2.24) is 10.2 Å². The summed E-state index contributed by atoms with van der Waals surface area (Å²) in [4.78, 5) is 26.0. The lowest BCUT2D eigenvalue weighted by Gasteiger charge is -2.32. The Morgan fingerprint density at radius 3 is 2.83 bits per heavy atom. The number of rotatable bonds is 7. The zero-order valence-corrected chi connectivity index (χ0v) is 13.8. The first-order chi connectivity index (χ1) is 11.6. The molecule has 1 aromatic carbocycles. The second-order valence-corrected chi connectivity index (χ2v) is 5.93. The summed E-state index contributed by atoms with van der Waals surface area (Å²) in [6, 6.07) is 6.81. The van der Waals surface area contributed by atoms with Gasteiger partial charge in [-0.05, 0) is 24.1 Å². The average Bonchev–Trinajstić information content (AvgIpc) is 2.61. The second kappa shape index (κ2) is 8.65. The Hall–Kier alpha value is -2.12. The Balaban J connectivity index is 1.99. The molecule has 7 nitrogen and oxygen atoms in total. The molecule has 1 aliphatic rings. The number of aliphatic hydroxyl groups is 2. The van der Waals surface area contributed by atoms with Gasteiger partial charge in [0.2, 0.25) is 11.8 Å². The van der Waals surface area contributed by atoms with Gasteiger partial charge >= 0.3 is 0 Å². The van der Waals surface area contributed by atoms with Crippen LogP contribution in [0.2, 0.25) is 0 Å². The Morgan fingerprint density at radius 1 is 1.42 bits per heavy atom. The van der Waals surface area contributed by atoms with Gasteiger partial charge in [0.1, 0.15) is 5.75 Å². The molecule has 0 aliphatic carbocycles. The van der Waals surface area contributed by atoms with Gasteiger partial charge in [0, 0.05) is 19.5 Å². The Kier molecular flexibility index (Phi) is 6.57. The molecule has 1 aliphatic heterocycles. The molecular formula is C17H24N2O5. The summed E-state index contributed by atoms with van der Waals surface area (Å²) < 4.78 is 5.18. The number of nitrogens with one attached hydrogen (secondary N) is 1. The van der Waals surface area contributed by atoms with Crippen LogP contribution in [0.4, 0.5) is 0 Å². The molecule has 132 valence electrons. The maximum Gasteiger partial charge on any atom is 0.225 e. The number of piperidine rings is 1. The number of carbonyl (C=O) groups excluding carboxylic acids is 2. The molecule has 1 atom stereocenters. The normalized spacial score (nSPS) is 17.9. The van der Waals surface area contributed by atoms with Crippen LogP contribution >= 0.6 is 0 Å². The monoisotopic (exact) mass is 336 g/mol. The van der Waals surface area contributed by atoms with Gasteiger partial charge in [0.15, 0.2) is 0 Å². The first kappa shape index (κ1) is 18.2. The molecule has 0 radical (unpaired) electrons. The summed E-state index contributed by atoms with van der Waals surface area (Å²) in [6.45, 7) is 0.109. The van der Waals surface area contributed by atoms with Gasteiger partial charge in [0.25, 0.3) is 0 Å². The van der Waals surface area contributed by atoms with Crippen LogP contribution < -0.4 is 10.1 Å². The van der Waals surface area contributed by atoms with Crippen LogP contribution in [-0.2, 0) is 16.1 Å². The van der Waals surface area contributed by atoms with Gasteiger partial charge in [-0.15, -0.1) is 0 Å². The summed E-state index contributed by atoms with van der Waals surface area (Å²) in [7, 11) is 1.59. The highest BCUT2D eigenvalue weighted by Crippen LogP contribution is 2.21. The first-order valence-electron chi connectivity index (χ1n) is 8.00. The fraction of sp³-hybridized carbons (Fsp3) is 0.529. The molecule has 3 N–H and O–H groups in total. The van der Waals surface area contributed by atoms with E-state index in [1.807, 2.05) is 24.3 Å². The van der Waals surface area contributed by atoms with Crippen molar-refractivity contribution in [3.05, 3.63) is 29.8 Å². The van der Waals surface area contributed by atoms with E-state index < -0.39 is 6.04 Å². The summed E-state index contributed by atoms with van der Waals surface area (Å²) in [5.74, 6) is 0.155. The molecular weight excluding hydrogens is 312 g/mol.